The second kappa shape index (κ2) is 7.76. The molecule has 0 unspecified atom stereocenters. The molecule has 0 aliphatic carbocycles. The van der Waals surface area contributed by atoms with E-state index in [1.165, 1.54) is 0 Å². The molecule has 0 atom stereocenters. The summed E-state index contributed by atoms with van der Waals surface area (Å²) >= 11 is 0. The fourth-order valence-corrected chi connectivity index (χ4v) is 2.92. The highest BCUT2D eigenvalue weighted by atomic mass is 16.1. The van der Waals surface area contributed by atoms with E-state index in [0.717, 1.165) is 28.2 Å². The number of aryl methyl sites for hydroxylation is 3. The largest absolute Gasteiger partial charge is 0.321 e. The summed E-state index contributed by atoms with van der Waals surface area (Å²) in [5, 5.41) is 12.3. The predicted molar refractivity (Wildman–Crippen MR) is 109 cm³/mol. The van der Waals surface area contributed by atoms with Crippen molar-refractivity contribution in [2.24, 2.45) is 0 Å². The number of para-hydroxylation sites is 1. The van der Waals surface area contributed by atoms with Gasteiger partial charge in [0.25, 0.3) is 5.91 Å². The molecule has 4 heteroatoms. The van der Waals surface area contributed by atoms with Gasteiger partial charge in [-0.2, -0.15) is 5.26 Å². The molecule has 0 fully saturated rings. The van der Waals surface area contributed by atoms with Gasteiger partial charge in [0.2, 0.25) is 0 Å². The van der Waals surface area contributed by atoms with Gasteiger partial charge in [0, 0.05) is 22.8 Å². The van der Waals surface area contributed by atoms with Crippen LogP contribution in [0.1, 0.15) is 22.5 Å². The number of rotatable bonds is 4. The van der Waals surface area contributed by atoms with Crippen LogP contribution < -0.4 is 5.32 Å². The van der Waals surface area contributed by atoms with Gasteiger partial charge in [-0.05, 0) is 74.4 Å². The first-order valence-electron chi connectivity index (χ1n) is 8.74. The van der Waals surface area contributed by atoms with Crippen LogP contribution in [-0.4, -0.2) is 10.5 Å². The van der Waals surface area contributed by atoms with Crippen LogP contribution in [0.5, 0.6) is 0 Å². The van der Waals surface area contributed by atoms with Crippen molar-refractivity contribution in [1.29, 1.82) is 5.26 Å². The van der Waals surface area contributed by atoms with Crippen molar-refractivity contribution in [2.45, 2.75) is 20.8 Å². The second-order valence-corrected chi connectivity index (χ2v) is 6.49. The van der Waals surface area contributed by atoms with Crippen LogP contribution in [0.3, 0.4) is 0 Å². The van der Waals surface area contributed by atoms with E-state index in [0.29, 0.717) is 5.69 Å². The number of aromatic nitrogens is 1. The number of carbonyl (C=O) groups excluding carboxylic acids is 1. The zero-order valence-electron chi connectivity index (χ0n) is 15.7. The summed E-state index contributed by atoms with van der Waals surface area (Å²) in [6, 6.07) is 21.4. The van der Waals surface area contributed by atoms with Gasteiger partial charge in [-0.25, -0.2) is 0 Å². The Bertz CT molecular complexity index is 1050. The van der Waals surface area contributed by atoms with E-state index in [1.54, 1.807) is 6.08 Å². The Kier molecular flexibility index (Phi) is 5.23. The molecular formula is C23H21N3O. The molecule has 0 spiro atoms. The molecule has 1 heterocycles. The monoisotopic (exact) mass is 355 g/mol. The fraction of sp³-hybridized carbons (Fsp3) is 0.130. The molecule has 134 valence electrons. The van der Waals surface area contributed by atoms with Crippen LogP contribution in [0.15, 0.2) is 66.2 Å². The molecule has 0 aliphatic heterocycles. The molecule has 0 aliphatic rings. The van der Waals surface area contributed by atoms with Crippen LogP contribution >= 0.6 is 0 Å². The minimum Gasteiger partial charge on any atom is -0.321 e. The lowest BCUT2D eigenvalue weighted by molar-refractivity contribution is -0.112. The van der Waals surface area contributed by atoms with Gasteiger partial charge in [0.1, 0.15) is 11.6 Å². The lowest BCUT2D eigenvalue weighted by Crippen LogP contribution is -2.14. The van der Waals surface area contributed by atoms with Crippen molar-refractivity contribution in [3.63, 3.8) is 0 Å². The zero-order chi connectivity index (χ0) is 19.4. The van der Waals surface area contributed by atoms with E-state index in [2.05, 4.69) is 5.32 Å². The number of carbonyl (C=O) groups is 1. The topological polar surface area (TPSA) is 57.8 Å². The molecule has 1 N–H and O–H groups in total. The molecule has 0 saturated heterocycles. The van der Waals surface area contributed by atoms with E-state index in [-0.39, 0.29) is 5.57 Å². The van der Waals surface area contributed by atoms with Gasteiger partial charge in [-0.15, -0.1) is 0 Å². The Balaban J connectivity index is 1.92. The number of nitriles is 1. The van der Waals surface area contributed by atoms with E-state index in [1.807, 2.05) is 92.1 Å². The van der Waals surface area contributed by atoms with Crippen LogP contribution in [0.4, 0.5) is 5.69 Å². The van der Waals surface area contributed by atoms with E-state index in [9.17, 15) is 10.1 Å². The van der Waals surface area contributed by atoms with Gasteiger partial charge in [0.05, 0.1) is 0 Å². The second-order valence-electron chi connectivity index (χ2n) is 6.49. The van der Waals surface area contributed by atoms with E-state index in [4.69, 9.17) is 0 Å². The summed E-state index contributed by atoms with van der Waals surface area (Å²) in [5.41, 5.74) is 5.77. The Morgan fingerprint density at radius 2 is 1.74 bits per heavy atom. The summed E-state index contributed by atoms with van der Waals surface area (Å²) < 4.78 is 2.01. The molecule has 0 radical (unpaired) electrons. The van der Waals surface area contributed by atoms with Crippen molar-refractivity contribution >= 4 is 17.7 Å². The van der Waals surface area contributed by atoms with Gasteiger partial charge in [0.15, 0.2) is 0 Å². The van der Waals surface area contributed by atoms with Gasteiger partial charge in [-0.1, -0.05) is 24.3 Å². The quantitative estimate of drug-likeness (QED) is 0.532. The third-order valence-electron chi connectivity index (χ3n) is 4.54. The number of amides is 1. The predicted octanol–water partition coefficient (Wildman–Crippen LogP) is 4.95. The van der Waals surface area contributed by atoms with Crippen LogP contribution in [0.2, 0.25) is 0 Å². The van der Waals surface area contributed by atoms with Crippen LogP contribution in [0, 0.1) is 32.1 Å². The van der Waals surface area contributed by atoms with Crippen LogP contribution in [0.25, 0.3) is 11.8 Å². The number of nitrogens with zero attached hydrogens (tertiary/aromatic N) is 2. The fourth-order valence-electron chi connectivity index (χ4n) is 2.92. The van der Waals surface area contributed by atoms with E-state index < -0.39 is 5.91 Å². The molecule has 1 aromatic heterocycles. The highest BCUT2D eigenvalue weighted by Gasteiger charge is 2.13. The lowest BCUT2D eigenvalue weighted by Gasteiger charge is -2.10. The summed E-state index contributed by atoms with van der Waals surface area (Å²) in [5.74, 6) is -0.417. The highest BCUT2D eigenvalue weighted by Crippen LogP contribution is 2.20. The van der Waals surface area contributed by atoms with Crippen molar-refractivity contribution in [2.75, 3.05) is 5.32 Å². The Morgan fingerprint density at radius 3 is 2.41 bits per heavy atom. The number of benzene rings is 2. The molecule has 4 nitrogen and oxygen atoms in total. The van der Waals surface area contributed by atoms with Crippen molar-refractivity contribution in [3.05, 3.63) is 88.8 Å². The number of hydrogen-bond donors (Lipinski definition) is 1. The normalized spacial score (nSPS) is 11.1. The summed E-state index contributed by atoms with van der Waals surface area (Å²) in [6.07, 6.45) is 1.62. The molecule has 27 heavy (non-hydrogen) atoms. The average Bonchev–Trinajstić information content (AvgIpc) is 3.03. The van der Waals surface area contributed by atoms with Gasteiger partial charge in [-0.3, -0.25) is 4.79 Å². The first-order valence-corrected chi connectivity index (χ1v) is 8.74. The van der Waals surface area contributed by atoms with Crippen molar-refractivity contribution in [3.8, 4) is 11.8 Å². The minimum absolute atomic E-state index is 0.0588. The Labute approximate surface area is 159 Å². The Morgan fingerprint density at radius 1 is 1.00 bits per heavy atom. The molecule has 1 amide bonds. The maximum atomic E-state index is 12.6. The smallest absolute Gasteiger partial charge is 0.266 e. The summed E-state index contributed by atoms with van der Waals surface area (Å²) in [6.45, 7) is 5.99. The molecule has 3 rings (SSSR count). The molecule has 0 saturated carbocycles. The van der Waals surface area contributed by atoms with Crippen LogP contribution in [-0.2, 0) is 4.79 Å². The minimum atomic E-state index is -0.417. The number of anilines is 1. The zero-order valence-corrected chi connectivity index (χ0v) is 15.7. The molecule has 2 aromatic carbocycles. The SMILES string of the molecule is Cc1ccc(NC(=O)/C(C#N)=C\c2ccc(C)n2-c2ccccc2)cc1C. The molecular weight excluding hydrogens is 334 g/mol. The standard InChI is InChI=1S/C23H21N3O/c1-16-9-11-20(13-17(16)2)25-23(27)19(15-24)14-22-12-10-18(3)26(22)21-7-5-4-6-8-21/h4-14H,1-3H3,(H,25,27)/b19-14-. The maximum Gasteiger partial charge on any atom is 0.266 e. The van der Waals surface area contributed by atoms with Gasteiger partial charge >= 0.3 is 0 Å². The number of nitrogens with one attached hydrogen (secondary N) is 1. The first-order chi connectivity index (χ1) is 13.0. The maximum absolute atomic E-state index is 12.6. The first kappa shape index (κ1) is 18.2. The lowest BCUT2D eigenvalue weighted by atomic mass is 10.1. The van der Waals surface area contributed by atoms with Crippen molar-refractivity contribution in [1.82, 2.24) is 4.57 Å². The van der Waals surface area contributed by atoms with Gasteiger partial charge < -0.3 is 9.88 Å². The number of hydrogen-bond acceptors (Lipinski definition) is 2. The Hall–Kier alpha value is -3.58. The molecule has 3 aromatic rings. The highest BCUT2D eigenvalue weighted by molar-refractivity contribution is 6.09. The summed E-state index contributed by atoms with van der Waals surface area (Å²) in [4.78, 5) is 12.6. The van der Waals surface area contributed by atoms with Crippen molar-refractivity contribution < 1.29 is 4.79 Å². The van der Waals surface area contributed by atoms with E-state index >= 15 is 0 Å². The summed E-state index contributed by atoms with van der Waals surface area (Å²) in [7, 11) is 0. The average molecular weight is 355 g/mol. The third kappa shape index (κ3) is 3.99. The molecule has 0 bridgehead atoms. The third-order valence-corrected chi connectivity index (χ3v) is 4.54.